The quantitative estimate of drug-likeness (QED) is 0.713. The molecule has 1 saturated carbocycles. The Kier molecular flexibility index (Phi) is 8.01. The van der Waals surface area contributed by atoms with E-state index in [1.165, 1.54) is 32.1 Å². The maximum Gasteiger partial charge on any atom is 0.260 e. The zero-order valence-electron chi connectivity index (χ0n) is 16.6. The Hall–Kier alpha value is -1.75. The lowest BCUT2D eigenvalue weighted by Gasteiger charge is -2.24. The van der Waals surface area contributed by atoms with Crippen LogP contribution in [0.4, 0.5) is 0 Å². The third-order valence-corrected chi connectivity index (χ3v) is 6.12. The lowest BCUT2D eigenvalue weighted by Crippen LogP contribution is -2.39. The van der Waals surface area contributed by atoms with Crippen LogP contribution in [-0.2, 0) is 9.59 Å². The molecular weight excluding hydrogens is 376 g/mol. The van der Waals surface area contributed by atoms with Gasteiger partial charge in [0.25, 0.3) is 5.91 Å². The van der Waals surface area contributed by atoms with Crippen LogP contribution in [0.3, 0.4) is 0 Å². The summed E-state index contributed by atoms with van der Waals surface area (Å²) in [6, 6.07) is 6.99. The highest BCUT2D eigenvalue weighted by Gasteiger charge is 2.23. The molecule has 1 aromatic rings. The van der Waals surface area contributed by atoms with Crippen molar-refractivity contribution in [3.8, 4) is 5.75 Å². The van der Waals surface area contributed by atoms with Gasteiger partial charge < -0.3 is 14.5 Å². The van der Waals surface area contributed by atoms with E-state index in [1.54, 1.807) is 24.3 Å². The fourth-order valence-corrected chi connectivity index (χ4v) is 4.27. The van der Waals surface area contributed by atoms with E-state index in [-0.39, 0.29) is 18.4 Å². The molecule has 2 aliphatic rings. The predicted molar refractivity (Wildman–Crippen MR) is 111 cm³/mol. The molecule has 1 heterocycles. The monoisotopic (exact) mass is 406 g/mol. The van der Waals surface area contributed by atoms with E-state index >= 15 is 0 Å². The van der Waals surface area contributed by atoms with E-state index in [0.29, 0.717) is 36.8 Å². The minimum Gasteiger partial charge on any atom is -0.484 e. The Morgan fingerprint density at radius 3 is 2.21 bits per heavy atom. The lowest BCUT2D eigenvalue weighted by molar-refractivity contribution is -0.135. The van der Waals surface area contributed by atoms with E-state index in [4.69, 9.17) is 16.3 Å². The molecular formula is C22H31ClN2O3. The van der Waals surface area contributed by atoms with Crippen molar-refractivity contribution in [1.82, 2.24) is 9.80 Å². The van der Waals surface area contributed by atoms with Gasteiger partial charge in [0, 0.05) is 37.6 Å². The largest absolute Gasteiger partial charge is 0.484 e. The average molecular weight is 407 g/mol. The maximum absolute atomic E-state index is 12.6. The molecule has 28 heavy (non-hydrogen) atoms. The number of ether oxygens (including phenoxy) is 1. The van der Waals surface area contributed by atoms with Crippen LogP contribution in [0, 0.1) is 5.92 Å². The van der Waals surface area contributed by atoms with Crippen molar-refractivity contribution in [2.24, 2.45) is 5.92 Å². The van der Waals surface area contributed by atoms with E-state index in [0.717, 1.165) is 25.3 Å². The van der Waals surface area contributed by atoms with Gasteiger partial charge in [0.15, 0.2) is 6.61 Å². The standard InChI is InChI=1S/C22H31ClN2O3/c23-19-8-10-20(11-9-19)28-17-22(27)25-14-4-13-24(15-16-25)21(26)12-7-18-5-2-1-3-6-18/h8-11,18H,1-7,12-17H2. The molecule has 2 amide bonds. The minimum atomic E-state index is -0.0357. The van der Waals surface area contributed by atoms with Gasteiger partial charge in [0.05, 0.1) is 0 Å². The second kappa shape index (κ2) is 10.7. The van der Waals surface area contributed by atoms with Crippen molar-refractivity contribution in [3.63, 3.8) is 0 Å². The second-order valence-corrected chi connectivity index (χ2v) is 8.34. The molecule has 0 N–H and O–H groups in total. The first-order valence-electron chi connectivity index (χ1n) is 10.6. The van der Waals surface area contributed by atoms with Crippen molar-refractivity contribution in [1.29, 1.82) is 0 Å². The van der Waals surface area contributed by atoms with Gasteiger partial charge in [0.1, 0.15) is 5.75 Å². The summed E-state index contributed by atoms with van der Waals surface area (Å²) in [4.78, 5) is 28.8. The molecule has 0 radical (unpaired) electrons. The normalized spacial score (nSPS) is 18.6. The topological polar surface area (TPSA) is 49.9 Å². The first-order chi connectivity index (χ1) is 13.6. The molecule has 5 nitrogen and oxygen atoms in total. The zero-order valence-corrected chi connectivity index (χ0v) is 17.3. The Morgan fingerprint density at radius 2 is 1.54 bits per heavy atom. The number of halogens is 1. The van der Waals surface area contributed by atoms with E-state index in [1.807, 2.05) is 9.80 Å². The van der Waals surface area contributed by atoms with E-state index in [2.05, 4.69) is 0 Å². The van der Waals surface area contributed by atoms with Crippen molar-refractivity contribution in [2.45, 2.75) is 51.4 Å². The number of hydrogen-bond acceptors (Lipinski definition) is 3. The summed E-state index contributed by atoms with van der Waals surface area (Å²) in [5.41, 5.74) is 0. The first-order valence-corrected chi connectivity index (χ1v) is 10.9. The van der Waals surface area contributed by atoms with Crippen LogP contribution < -0.4 is 4.74 Å². The summed E-state index contributed by atoms with van der Waals surface area (Å²) >= 11 is 5.86. The van der Waals surface area contributed by atoms with Crippen LogP contribution >= 0.6 is 11.6 Å². The van der Waals surface area contributed by atoms with Gasteiger partial charge in [0.2, 0.25) is 5.91 Å². The van der Waals surface area contributed by atoms with Gasteiger partial charge in [-0.3, -0.25) is 9.59 Å². The fourth-order valence-electron chi connectivity index (χ4n) is 4.14. The second-order valence-electron chi connectivity index (χ2n) is 7.90. The number of carbonyl (C=O) groups excluding carboxylic acids is 2. The van der Waals surface area contributed by atoms with Gasteiger partial charge in [-0.2, -0.15) is 0 Å². The van der Waals surface area contributed by atoms with Crippen molar-refractivity contribution >= 4 is 23.4 Å². The van der Waals surface area contributed by atoms with E-state index < -0.39 is 0 Å². The molecule has 0 atom stereocenters. The first kappa shape index (κ1) is 21.0. The summed E-state index contributed by atoms with van der Waals surface area (Å²) in [5.74, 6) is 1.57. The summed E-state index contributed by atoms with van der Waals surface area (Å²) < 4.78 is 5.57. The van der Waals surface area contributed by atoms with Crippen molar-refractivity contribution in [3.05, 3.63) is 29.3 Å². The molecule has 0 unspecified atom stereocenters. The highest BCUT2D eigenvalue weighted by molar-refractivity contribution is 6.30. The highest BCUT2D eigenvalue weighted by atomic mass is 35.5. The van der Waals surface area contributed by atoms with Crippen LogP contribution in [0.2, 0.25) is 5.02 Å². The average Bonchev–Trinajstić information content (AvgIpc) is 2.98. The summed E-state index contributed by atoms with van der Waals surface area (Å²) in [6.45, 7) is 2.63. The van der Waals surface area contributed by atoms with Gasteiger partial charge in [-0.05, 0) is 43.0 Å². The van der Waals surface area contributed by atoms with Crippen molar-refractivity contribution in [2.75, 3.05) is 32.8 Å². The molecule has 6 heteroatoms. The molecule has 0 aromatic heterocycles. The molecule has 0 spiro atoms. The number of rotatable bonds is 6. The SMILES string of the molecule is O=C(CCC1CCCCC1)N1CCCN(C(=O)COc2ccc(Cl)cc2)CC1. The third kappa shape index (κ3) is 6.40. The molecule has 3 rings (SSSR count). The molecule has 1 saturated heterocycles. The summed E-state index contributed by atoms with van der Waals surface area (Å²) in [7, 11) is 0. The van der Waals surface area contributed by atoms with Crippen LogP contribution in [0.15, 0.2) is 24.3 Å². The van der Waals surface area contributed by atoms with Crippen LogP contribution in [0.25, 0.3) is 0 Å². The summed E-state index contributed by atoms with van der Waals surface area (Å²) in [6.07, 6.45) is 9.04. The van der Waals surface area contributed by atoms with Crippen molar-refractivity contribution < 1.29 is 14.3 Å². The molecule has 0 bridgehead atoms. The van der Waals surface area contributed by atoms with Gasteiger partial charge in [-0.25, -0.2) is 0 Å². The fraction of sp³-hybridized carbons (Fsp3) is 0.636. The number of amides is 2. The smallest absolute Gasteiger partial charge is 0.260 e. The highest BCUT2D eigenvalue weighted by Crippen LogP contribution is 2.27. The zero-order chi connectivity index (χ0) is 19.8. The number of carbonyl (C=O) groups is 2. The van der Waals surface area contributed by atoms with Gasteiger partial charge >= 0.3 is 0 Å². The van der Waals surface area contributed by atoms with Gasteiger partial charge in [-0.15, -0.1) is 0 Å². The predicted octanol–water partition coefficient (Wildman–Crippen LogP) is 4.14. The molecule has 2 fully saturated rings. The molecule has 1 aliphatic carbocycles. The van der Waals surface area contributed by atoms with Crippen LogP contribution in [0.5, 0.6) is 5.75 Å². The van der Waals surface area contributed by atoms with Crippen LogP contribution in [0.1, 0.15) is 51.4 Å². The number of hydrogen-bond donors (Lipinski definition) is 0. The molecule has 1 aromatic carbocycles. The third-order valence-electron chi connectivity index (χ3n) is 5.87. The van der Waals surface area contributed by atoms with E-state index in [9.17, 15) is 9.59 Å². The Bertz CT molecular complexity index is 644. The summed E-state index contributed by atoms with van der Waals surface area (Å²) in [5, 5.41) is 0.638. The Labute approximate surface area is 173 Å². The lowest BCUT2D eigenvalue weighted by atomic mass is 9.86. The minimum absolute atomic E-state index is 0.0112. The maximum atomic E-state index is 12.6. The molecule has 1 aliphatic heterocycles. The Morgan fingerprint density at radius 1 is 0.893 bits per heavy atom. The van der Waals surface area contributed by atoms with Crippen LogP contribution in [-0.4, -0.2) is 54.4 Å². The number of nitrogens with zero attached hydrogens (tertiary/aromatic N) is 2. The molecule has 154 valence electrons. The van der Waals surface area contributed by atoms with Gasteiger partial charge in [-0.1, -0.05) is 43.7 Å². The Balaban J connectivity index is 1.40. The number of benzene rings is 1.